The van der Waals surface area contributed by atoms with Gasteiger partial charge >= 0.3 is 0 Å². The van der Waals surface area contributed by atoms with E-state index in [0.717, 1.165) is 23.5 Å². The molecular formula is C25H31N3O3S. The highest BCUT2D eigenvalue weighted by Crippen LogP contribution is 2.28. The first-order chi connectivity index (χ1) is 15.3. The van der Waals surface area contributed by atoms with Crippen LogP contribution in [0.15, 0.2) is 47.8 Å². The van der Waals surface area contributed by atoms with E-state index >= 15 is 0 Å². The Morgan fingerprint density at radius 3 is 2.56 bits per heavy atom. The van der Waals surface area contributed by atoms with Gasteiger partial charge in [-0.05, 0) is 43.8 Å². The first-order valence-corrected chi connectivity index (χ1v) is 11.6. The molecule has 0 aliphatic carbocycles. The first kappa shape index (κ1) is 23.6. The summed E-state index contributed by atoms with van der Waals surface area (Å²) >= 11 is 1.71. The molecule has 2 heterocycles. The van der Waals surface area contributed by atoms with Gasteiger partial charge in [-0.2, -0.15) is 0 Å². The van der Waals surface area contributed by atoms with Crippen molar-refractivity contribution in [1.82, 2.24) is 14.8 Å². The number of carbonyl (C=O) groups excluding carboxylic acids is 2. The number of hydrogen-bond acceptors (Lipinski definition) is 4. The molecule has 1 aromatic carbocycles. The normalized spacial score (nSPS) is 11.8. The van der Waals surface area contributed by atoms with E-state index in [9.17, 15) is 9.59 Å². The van der Waals surface area contributed by atoms with E-state index in [1.54, 1.807) is 25.4 Å². The Balaban J connectivity index is 1.78. The number of ether oxygens (including phenoxy) is 1. The molecule has 0 saturated heterocycles. The highest BCUT2D eigenvalue weighted by molar-refractivity contribution is 7.09. The van der Waals surface area contributed by atoms with Crippen LogP contribution >= 0.6 is 11.3 Å². The first-order valence-electron chi connectivity index (χ1n) is 10.7. The fraction of sp³-hybridized carbons (Fsp3) is 0.360. The van der Waals surface area contributed by atoms with Crippen LogP contribution in [0.4, 0.5) is 0 Å². The van der Waals surface area contributed by atoms with Gasteiger partial charge in [0, 0.05) is 35.9 Å². The molecule has 0 radical (unpaired) electrons. The van der Waals surface area contributed by atoms with E-state index in [4.69, 9.17) is 4.74 Å². The number of rotatable bonds is 9. The molecule has 0 spiro atoms. The van der Waals surface area contributed by atoms with Crippen LogP contribution in [0.2, 0.25) is 0 Å². The van der Waals surface area contributed by atoms with E-state index in [2.05, 4.69) is 21.3 Å². The van der Waals surface area contributed by atoms with Crippen LogP contribution in [0, 0.1) is 13.8 Å². The highest BCUT2D eigenvalue weighted by atomic mass is 32.1. The van der Waals surface area contributed by atoms with E-state index in [-0.39, 0.29) is 24.5 Å². The van der Waals surface area contributed by atoms with Crippen LogP contribution in [-0.4, -0.2) is 42.0 Å². The molecule has 0 saturated carbocycles. The molecule has 2 amide bonds. The van der Waals surface area contributed by atoms with Crippen molar-refractivity contribution in [3.8, 4) is 5.75 Å². The molecule has 0 fully saturated rings. The lowest BCUT2D eigenvalue weighted by atomic mass is 10.0. The zero-order valence-electron chi connectivity index (χ0n) is 19.3. The smallest absolute Gasteiger partial charge is 0.259 e. The second-order valence-corrected chi connectivity index (χ2v) is 9.03. The van der Waals surface area contributed by atoms with Gasteiger partial charge in [-0.25, -0.2) is 0 Å². The second kappa shape index (κ2) is 10.5. The summed E-state index contributed by atoms with van der Waals surface area (Å²) < 4.78 is 7.96. The molecule has 1 N–H and O–H groups in total. The molecule has 6 nitrogen and oxygen atoms in total. The number of likely N-dealkylation sites (N-methyl/N-ethyl adjacent to an activating group) is 1. The fourth-order valence-electron chi connectivity index (χ4n) is 3.64. The van der Waals surface area contributed by atoms with Gasteiger partial charge in [0.2, 0.25) is 0 Å². The molecule has 0 aliphatic rings. The van der Waals surface area contributed by atoms with Gasteiger partial charge < -0.3 is 19.5 Å². The Kier molecular flexibility index (Phi) is 7.75. The number of nitrogens with zero attached hydrogens (tertiary/aromatic N) is 2. The van der Waals surface area contributed by atoms with Crippen molar-refractivity contribution in [3.63, 3.8) is 0 Å². The van der Waals surface area contributed by atoms with Crippen molar-refractivity contribution < 1.29 is 14.3 Å². The Labute approximate surface area is 193 Å². The minimum atomic E-state index is -0.228. The van der Waals surface area contributed by atoms with E-state index in [1.807, 2.05) is 57.2 Å². The maximum absolute atomic E-state index is 13.2. The summed E-state index contributed by atoms with van der Waals surface area (Å²) in [7, 11) is 3.39. The number of para-hydroxylation sites is 1. The Morgan fingerprint density at radius 2 is 1.91 bits per heavy atom. The SMILES string of the molecule is CCC(NC(=O)c1cc(C)n(Cc2cccs2)c1C)c1ccccc1OCC(=O)N(C)C. The lowest BCUT2D eigenvalue weighted by Crippen LogP contribution is -2.30. The average Bonchev–Trinajstić information content (AvgIpc) is 3.39. The molecule has 32 heavy (non-hydrogen) atoms. The predicted molar refractivity (Wildman–Crippen MR) is 128 cm³/mol. The van der Waals surface area contributed by atoms with E-state index in [1.165, 1.54) is 9.78 Å². The van der Waals surface area contributed by atoms with Gasteiger partial charge in [-0.3, -0.25) is 9.59 Å². The molecule has 170 valence electrons. The predicted octanol–water partition coefficient (Wildman–Crippen LogP) is 4.56. The summed E-state index contributed by atoms with van der Waals surface area (Å²) in [5, 5.41) is 5.23. The number of amides is 2. The molecule has 1 atom stereocenters. The number of nitrogens with one attached hydrogen (secondary N) is 1. The number of hydrogen-bond donors (Lipinski definition) is 1. The third-order valence-corrected chi connectivity index (χ3v) is 6.43. The number of benzene rings is 1. The van der Waals surface area contributed by atoms with Gasteiger partial charge in [0.1, 0.15) is 5.75 Å². The van der Waals surface area contributed by atoms with Crippen molar-refractivity contribution in [1.29, 1.82) is 0 Å². The molecule has 7 heteroatoms. The molecule has 1 unspecified atom stereocenters. The van der Waals surface area contributed by atoms with Gasteiger partial charge in [0.25, 0.3) is 11.8 Å². The third-order valence-electron chi connectivity index (χ3n) is 5.57. The molecule has 0 bridgehead atoms. The maximum atomic E-state index is 13.2. The minimum absolute atomic E-state index is 0.0434. The van der Waals surface area contributed by atoms with Gasteiger partial charge in [0.15, 0.2) is 6.61 Å². The number of aromatic nitrogens is 1. The van der Waals surface area contributed by atoms with Crippen molar-refractivity contribution in [3.05, 3.63) is 75.2 Å². The number of aryl methyl sites for hydroxylation is 1. The van der Waals surface area contributed by atoms with Crippen LogP contribution in [0.1, 0.15) is 51.6 Å². The molecule has 3 aromatic rings. The van der Waals surface area contributed by atoms with Crippen LogP contribution in [0.5, 0.6) is 5.75 Å². The third kappa shape index (κ3) is 5.40. The Bertz CT molecular complexity index is 1070. The summed E-state index contributed by atoms with van der Waals surface area (Å²) in [6, 6.07) is 13.4. The lowest BCUT2D eigenvalue weighted by Gasteiger charge is -2.21. The summed E-state index contributed by atoms with van der Waals surface area (Å²) in [6.45, 7) is 6.75. The average molecular weight is 454 g/mol. The standard InChI is InChI=1S/C25H31N3O3S/c1-6-22(20-11-7-8-12-23(20)31-16-24(29)27(4)5)26-25(30)21-14-17(2)28(18(21)3)15-19-10-9-13-32-19/h7-14,22H,6,15-16H2,1-5H3,(H,26,30). The Hall–Kier alpha value is -3.06. The van der Waals surface area contributed by atoms with Crippen molar-refractivity contribution in [2.24, 2.45) is 0 Å². The van der Waals surface area contributed by atoms with Crippen LogP contribution in [0.25, 0.3) is 0 Å². The highest BCUT2D eigenvalue weighted by Gasteiger charge is 2.22. The van der Waals surface area contributed by atoms with Crippen molar-refractivity contribution in [2.75, 3.05) is 20.7 Å². The zero-order chi connectivity index (χ0) is 23.3. The minimum Gasteiger partial charge on any atom is -0.483 e. The van der Waals surface area contributed by atoms with Crippen molar-refractivity contribution >= 4 is 23.2 Å². The fourth-order valence-corrected chi connectivity index (χ4v) is 4.33. The molecular weight excluding hydrogens is 422 g/mol. The van der Waals surface area contributed by atoms with Crippen LogP contribution in [-0.2, 0) is 11.3 Å². The summed E-state index contributed by atoms with van der Waals surface area (Å²) in [5.41, 5.74) is 3.55. The van der Waals surface area contributed by atoms with Crippen LogP contribution < -0.4 is 10.1 Å². The summed E-state index contributed by atoms with van der Waals surface area (Å²) in [4.78, 5) is 27.9. The largest absolute Gasteiger partial charge is 0.483 e. The van der Waals surface area contributed by atoms with Crippen molar-refractivity contribution in [2.45, 2.75) is 39.8 Å². The monoisotopic (exact) mass is 453 g/mol. The lowest BCUT2D eigenvalue weighted by molar-refractivity contribution is -0.130. The van der Waals surface area contributed by atoms with E-state index < -0.39 is 0 Å². The van der Waals surface area contributed by atoms with Crippen LogP contribution in [0.3, 0.4) is 0 Å². The van der Waals surface area contributed by atoms with Gasteiger partial charge in [0.05, 0.1) is 18.2 Å². The summed E-state index contributed by atoms with van der Waals surface area (Å²) in [5.74, 6) is 0.384. The van der Waals surface area contributed by atoms with E-state index in [0.29, 0.717) is 17.7 Å². The molecule has 2 aromatic heterocycles. The molecule has 3 rings (SSSR count). The number of carbonyl (C=O) groups is 2. The van der Waals surface area contributed by atoms with Gasteiger partial charge in [-0.1, -0.05) is 31.2 Å². The maximum Gasteiger partial charge on any atom is 0.259 e. The topological polar surface area (TPSA) is 63.6 Å². The van der Waals surface area contributed by atoms with Gasteiger partial charge in [-0.15, -0.1) is 11.3 Å². The Morgan fingerprint density at radius 1 is 1.16 bits per heavy atom. The quantitative estimate of drug-likeness (QED) is 0.516. The number of thiophene rings is 1. The second-order valence-electron chi connectivity index (χ2n) is 8.00. The molecule has 0 aliphatic heterocycles. The summed E-state index contributed by atoms with van der Waals surface area (Å²) in [6.07, 6.45) is 0.696. The zero-order valence-corrected chi connectivity index (χ0v) is 20.2.